The van der Waals surface area contributed by atoms with E-state index < -0.39 is 0 Å². The zero-order valence-electron chi connectivity index (χ0n) is 14.2. The fourth-order valence-electron chi connectivity index (χ4n) is 6.84. The molecule has 3 unspecified atom stereocenters. The van der Waals surface area contributed by atoms with Crippen LogP contribution in [0.5, 0.6) is 0 Å². The van der Waals surface area contributed by atoms with Crippen molar-refractivity contribution in [3.8, 4) is 11.3 Å². The van der Waals surface area contributed by atoms with Gasteiger partial charge in [-0.2, -0.15) is 4.57 Å². The van der Waals surface area contributed by atoms with Gasteiger partial charge in [-0.15, -0.1) is 0 Å². The fraction of sp³-hybridized carbons (Fsp3) is 0.292. The second-order valence-electron chi connectivity index (χ2n) is 8.25. The Balaban J connectivity index is 1.74. The molecule has 1 fully saturated rings. The molecule has 7 rings (SSSR count). The van der Waals surface area contributed by atoms with E-state index in [1.54, 1.807) is 22.3 Å². The summed E-state index contributed by atoms with van der Waals surface area (Å²) in [5.41, 5.74) is 10.9. The number of pyridine rings is 1. The molecule has 0 N–H and O–H groups in total. The highest BCUT2D eigenvalue weighted by molar-refractivity contribution is 5.71. The van der Waals surface area contributed by atoms with E-state index in [1.807, 2.05) is 0 Å². The maximum absolute atomic E-state index is 2.75. The topological polar surface area (TPSA) is 3.88 Å². The third-order valence-corrected chi connectivity index (χ3v) is 7.42. The fourth-order valence-corrected chi connectivity index (χ4v) is 6.84. The quantitative estimate of drug-likeness (QED) is 0.535. The normalized spacial score (nSPS) is 29.1. The van der Waals surface area contributed by atoms with Gasteiger partial charge in [0, 0.05) is 29.2 Å². The Kier molecular flexibility index (Phi) is 2.08. The van der Waals surface area contributed by atoms with Crippen LogP contribution in [-0.4, -0.2) is 0 Å². The first-order valence-corrected chi connectivity index (χ1v) is 9.67. The number of nitrogens with zero attached hydrogens (tertiary/aromatic N) is 1. The standard InChI is InChI=1S/C24H20N/c1-2-11-21-19(8-1)22-13-4-7-16-14-15-6-3-10-18-17-9-5-12-20(17)24(21,23(15)18)25(16)22/h1-4,6-8,10-11,13,17,20H,5,9,12,14H2/q+1. The molecule has 0 saturated heterocycles. The molecule has 3 aromatic rings. The number of hydrogen-bond donors (Lipinski definition) is 0. The molecule has 1 nitrogen and oxygen atoms in total. The predicted octanol–water partition coefficient (Wildman–Crippen LogP) is 4.55. The van der Waals surface area contributed by atoms with Crippen molar-refractivity contribution in [2.24, 2.45) is 5.92 Å². The lowest BCUT2D eigenvalue weighted by Crippen LogP contribution is -2.62. The van der Waals surface area contributed by atoms with Gasteiger partial charge in [0.15, 0.2) is 5.69 Å². The Bertz CT molecular complexity index is 1080. The van der Waals surface area contributed by atoms with Gasteiger partial charge in [-0.05, 0) is 42.0 Å². The molecule has 25 heavy (non-hydrogen) atoms. The van der Waals surface area contributed by atoms with Gasteiger partial charge in [0.25, 0.3) is 0 Å². The van der Waals surface area contributed by atoms with E-state index in [2.05, 4.69) is 65.2 Å². The first-order valence-electron chi connectivity index (χ1n) is 9.67. The Morgan fingerprint density at radius 3 is 2.80 bits per heavy atom. The van der Waals surface area contributed by atoms with E-state index >= 15 is 0 Å². The highest BCUT2D eigenvalue weighted by Crippen LogP contribution is 2.63. The minimum Gasteiger partial charge on any atom is -0.181 e. The maximum atomic E-state index is 2.75. The first-order chi connectivity index (χ1) is 12.4. The van der Waals surface area contributed by atoms with Crippen LogP contribution in [0.25, 0.3) is 11.3 Å². The molecular formula is C24H20N+. The second-order valence-corrected chi connectivity index (χ2v) is 8.25. The Labute approximate surface area is 148 Å². The summed E-state index contributed by atoms with van der Waals surface area (Å²) in [6.07, 6.45) is 5.17. The van der Waals surface area contributed by atoms with Gasteiger partial charge in [0.2, 0.25) is 11.2 Å². The van der Waals surface area contributed by atoms with Crippen LogP contribution in [0, 0.1) is 5.92 Å². The lowest BCUT2D eigenvalue weighted by atomic mass is 9.73. The number of benzene rings is 2. The van der Waals surface area contributed by atoms with Crippen LogP contribution in [0.15, 0.2) is 60.7 Å². The van der Waals surface area contributed by atoms with Crippen LogP contribution in [0.3, 0.4) is 0 Å². The highest BCUT2D eigenvalue weighted by Gasteiger charge is 2.68. The average molecular weight is 322 g/mol. The van der Waals surface area contributed by atoms with Gasteiger partial charge in [-0.25, -0.2) is 0 Å². The predicted molar refractivity (Wildman–Crippen MR) is 97.6 cm³/mol. The van der Waals surface area contributed by atoms with E-state index in [4.69, 9.17) is 0 Å². The van der Waals surface area contributed by atoms with Crippen LogP contribution in [0.4, 0.5) is 0 Å². The van der Waals surface area contributed by atoms with Crippen LogP contribution < -0.4 is 4.57 Å². The molecule has 2 aliphatic carbocycles. The molecule has 1 spiro atoms. The molecule has 2 aromatic carbocycles. The summed E-state index contributed by atoms with van der Waals surface area (Å²) in [5.74, 6) is 1.46. The van der Waals surface area contributed by atoms with Crippen LogP contribution in [0.2, 0.25) is 0 Å². The SMILES string of the molecule is c1ccc2c(c1)-c1cccc3[n+]1C21c2c(cccc2C2CCCC21)C3. The molecular weight excluding hydrogens is 302 g/mol. The monoisotopic (exact) mass is 322 g/mol. The average Bonchev–Trinajstić information content (AvgIpc) is 3.31. The molecule has 3 heterocycles. The third-order valence-electron chi connectivity index (χ3n) is 7.42. The van der Waals surface area contributed by atoms with Crippen molar-refractivity contribution in [3.63, 3.8) is 0 Å². The summed E-state index contributed by atoms with van der Waals surface area (Å²) in [4.78, 5) is 0. The summed E-state index contributed by atoms with van der Waals surface area (Å²) in [6, 6.07) is 23.3. The van der Waals surface area contributed by atoms with Gasteiger partial charge >= 0.3 is 0 Å². The molecule has 120 valence electrons. The Morgan fingerprint density at radius 2 is 1.80 bits per heavy atom. The second kappa shape index (κ2) is 4.04. The molecule has 1 saturated carbocycles. The number of rotatable bonds is 0. The molecule has 1 heteroatoms. The van der Waals surface area contributed by atoms with Crippen molar-refractivity contribution >= 4 is 0 Å². The molecule has 0 bridgehead atoms. The molecule has 3 atom stereocenters. The lowest BCUT2D eigenvalue weighted by Gasteiger charge is -2.33. The minimum absolute atomic E-state index is 0.0634. The zero-order chi connectivity index (χ0) is 16.2. The summed E-state index contributed by atoms with van der Waals surface area (Å²) < 4.78 is 2.75. The number of aromatic nitrogens is 1. The summed E-state index contributed by atoms with van der Waals surface area (Å²) in [5, 5.41) is 0. The van der Waals surface area contributed by atoms with Crippen LogP contribution >= 0.6 is 0 Å². The highest BCUT2D eigenvalue weighted by atomic mass is 15.1. The van der Waals surface area contributed by atoms with E-state index in [0.717, 1.165) is 18.3 Å². The van der Waals surface area contributed by atoms with Gasteiger partial charge in [-0.3, -0.25) is 0 Å². The van der Waals surface area contributed by atoms with Gasteiger partial charge < -0.3 is 0 Å². The molecule has 0 amide bonds. The van der Waals surface area contributed by atoms with Crippen molar-refractivity contribution in [3.05, 3.63) is 88.6 Å². The van der Waals surface area contributed by atoms with E-state index in [0.29, 0.717) is 0 Å². The largest absolute Gasteiger partial charge is 0.224 e. The number of fused-ring (bicyclic) bond motifs is 4. The maximum Gasteiger partial charge on any atom is 0.224 e. The summed E-state index contributed by atoms with van der Waals surface area (Å²) in [7, 11) is 0. The van der Waals surface area contributed by atoms with Crippen molar-refractivity contribution in [2.75, 3.05) is 0 Å². The Hall–Kier alpha value is -2.41. The third kappa shape index (κ3) is 1.21. The lowest BCUT2D eigenvalue weighted by molar-refractivity contribution is -0.743. The van der Waals surface area contributed by atoms with Gasteiger partial charge in [0.1, 0.15) is 0 Å². The van der Waals surface area contributed by atoms with E-state index in [9.17, 15) is 0 Å². The zero-order valence-corrected chi connectivity index (χ0v) is 14.2. The minimum atomic E-state index is 0.0634. The summed E-state index contributed by atoms with van der Waals surface area (Å²) in [6.45, 7) is 0. The van der Waals surface area contributed by atoms with E-state index in [-0.39, 0.29) is 5.54 Å². The molecule has 4 aliphatic rings. The van der Waals surface area contributed by atoms with Crippen molar-refractivity contribution in [1.82, 2.24) is 0 Å². The first kappa shape index (κ1) is 12.9. The van der Waals surface area contributed by atoms with E-state index in [1.165, 1.54) is 36.2 Å². The Morgan fingerprint density at radius 1 is 0.880 bits per heavy atom. The smallest absolute Gasteiger partial charge is 0.181 e. The summed E-state index contributed by atoms with van der Waals surface area (Å²) >= 11 is 0. The van der Waals surface area contributed by atoms with Gasteiger partial charge in [0.05, 0.1) is 12.0 Å². The van der Waals surface area contributed by atoms with Crippen molar-refractivity contribution < 1.29 is 4.57 Å². The molecule has 1 aromatic heterocycles. The number of hydrogen-bond acceptors (Lipinski definition) is 0. The molecule has 0 radical (unpaired) electrons. The molecule has 2 aliphatic heterocycles. The van der Waals surface area contributed by atoms with Crippen LogP contribution in [-0.2, 0) is 12.0 Å². The van der Waals surface area contributed by atoms with Crippen LogP contribution in [0.1, 0.15) is 53.1 Å². The van der Waals surface area contributed by atoms with Crippen molar-refractivity contribution in [1.29, 1.82) is 0 Å². The van der Waals surface area contributed by atoms with Crippen molar-refractivity contribution in [2.45, 2.75) is 37.1 Å². The van der Waals surface area contributed by atoms with Gasteiger partial charge in [-0.1, -0.05) is 42.8 Å².